The van der Waals surface area contributed by atoms with E-state index in [4.69, 9.17) is 11.6 Å². The molecule has 20 heavy (non-hydrogen) atoms. The summed E-state index contributed by atoms with van der Waals surface area (Å²) < 4.78 is 0. The van der Waals surface area contributed by atoms with Gasteiger partial charge < -0.3 is 10.2 Å². The molecule has 0 aromatic heterocycles. The molecular weight excluding hydrogens is 268 g/mol. The largest absolute Gasteiger partial charge is 0.367 e. The normalized spacial score (nSPS) is 21.6. The lowest BCUT2D eigenvalue weighted by atomic mass is 10.0. The van der Waals surface area contributed by atoms with Gasteiger partial charge in [0, 0.05) is 18.6 Å². The minimum absolute atomic E-state index is 0.340. The molecule has 3 heteroatoms. The molecule has 0 radical (unpaired) electrons. The summed E-state index contributed by atoms with van der Waals surface area (Å²) in [5.74, 6) is 0. The van der Waals surface area contributed by atoms with Gasteiger partial charge in [-0.2, -0.15) is 0 Å². The number of nitrogens with zero attached hydrogens (tertiary/aromatic N) is 1. The highest BCUT2D eigenvalue weighted by atomic mass is 35.5. The van der Waals surface area contributed by atoms with E-state index in [2.05, 4.69) is 42.3 Å². The fourth-order valence-corrected chi connectivity index (χ4v) is 3.41. The van der Waals surface area contributed by atoms with Gasteiger partial charge in [0.05, 0.1) is 10.7 Å². The second-order valence-corrected chi connectivity index (χ2v) is 6.23. The Labute approximate surface area is 128 Å². The molecule has 0 aliphatic carbocycles. The van der Waals surface area contributed by atoms with E-state index in [0.29, 0.717) is 12.1 Å². The quantitative estimate of drug-likeness (QED) is 0.860. The van der Waals surface area contributed by atoms with Crippen molar-refractivity contribution in [2.24, 2.45) is 0 Å². The molecule has 0 saturated carbocycles. The van der Waals surface area contributed by atoms with E-state index in [1.165, 1.54) is 43.4 Å². The summed E-state index contributed by atoms with van der Waals surface area (Å²) in [6, 6.07) is 7.52. The molecule has 0 bridgehead atoms. The van der Waals surface area contributed by atoms with Crippen LogP contribution in [0.3, 0.4) is 0 Å². The van der Waals surface area contributed by atoms with E-state index in [0.717, 1.165) is 11.6 Å². The zero-order valence-electron chi connectivity index (χ0n) is 13.0. The first kappa shape index (κ1) is 15.7. The van der Waals surface area contributed by atoms with Crippen LogP contribution in [0.4, 0.5) is 5.69 Å². The Morgan fingerprint density at radius 2 is 2.15 bits per heavy atom. The molecule has 1 saturated heterocycles. The number of rotatable bonds is 4. The average Bonchev–Trinajstić information content (AvgIpc) is 2.71. The highest BCUT2D eigenvalue weighted by Crippen LogP contribution is 2.33. The summed E-state index contributed by atoms with van der Waals surface area (Å²) in [5.41, 5.74) is 2.47. The van der Waals surface area contributed by atoms with Gasteiger partial charge in [0.25, 0.3) is 0 Å². The Bertz CT molecular complexity index is 433. The Morgan fingerprint density at radius 3 is 2.80 bits per heavy atom. The first-order valence-electron chi connectivity index (χ1n) is 7.90. The standard InChI is InChI=1S/C17H27ClN2/c1-4-15-8-6-5-7-11-20(15)17-10-9-14(12-16(17)18)13(2)19-3/h9-10,12-13,15,19H,4-8,11H2,1-3H3. The summed E-state index contributed by atoms with van der Waals surface area (Å²) in [6.07, 6.45) is 6.47. The molecular formula is C17H27ClN2. The van der Waals surface area contributed by atoms with Gasteiger partial charge in [-0.1, -0.05) is 37.4 Å². The molecule has 1 aromatic rings. The van der Waals surface area contributed by atoms with Crippen molar-refractivity contribution in [3.63, 3.8) is 0 Å². The van der Waals surface area contributed by atoms with Gasteiger partial charge in [0.15, 0.2) is 0 Å². The van der Waals surface area contributed by atoms with Crippen molar-refractivity contribution in [2.45, 2.75) is 58.0 Å². The van der Waals surface area contributed by atoms with Gasteiger partial charge in [-0.3, -0.25) is 0 Å². The third-order valence-electron chi connectivity index (χ3n) is 4.56. The van der Waals surface area contributed by atoms with Crippen molar-refractivity contribution < 1.29 is 0 Å². The number of anilines is 1. The summed E-state index contributed by atoms with van der Waals surface area (Å²) in [6.45, 7) is 5.58. The molecule has 1 aliphatic rings. The van der Waals surface area contributed by atoms with Crippen molar-refractivity contribution in [1.29, 1.82) is 0 Å². The Kier molecular flexibility index (Phi) is 5.74. The fourth-order valence-electron chi connectivity index (χ4n) is 3.11. The monoisotopic (exact) mass is 294 g/mol. The van der Waals surface area contributed by atoms with Crippen LogP contribution < -0.4 is 10.2 Å². The zero-order chi connectivity index (χ0) is 14.5. The summed E-state index contributed by atoms with van der Waals surface area (Å²) >= 11 is 6.57. The number of hydrogen-bond acceptors (Lipinski definition) is 2. The SMILES string of the molecule is CCC1CCCCCN1c1ccc(C(C)NC)cc1Cl. The lowest BCUT2D eigenvalue weighted by Gasteiger charge is -2.32. The molecule has 1 aromatic carbocycles. The van der Waals surface area contributed by atoms with Crippen LogP contribution in [-0.2, 0) is 0 Å². The molecule has 2 nitrogen and oxygen atoms in total. The van der Waals surface area contributed by atoms with Gasteiger partial charge in [0.1, 0.15) is 0 Å². The van der Waals surface area contributed by atoms with Gasteiger partial charge in [0.2, 0.25) is 0 Å². The molecule has 2 unspecified atom stereocenters. The maximum atomic E-state index is 6.57. The molecule has 0 spiro atoms. The van der Waals surface area contributed by atoms with Crippen molar-refractivity contribution in [1.82, 2.24) is 5.32 Å². The summed E-state index contributed by atoms with van der Waals surface area (Å²) in [5, 5.41) is 4.16. The van der Waals surface area contributed by atoms with E-state index in [9.17, 15) is 0 Å². The predicted octanol–water partition coefficient (Wildman–Crippen LogP) is 4.78. The summed E-state index contributed by atoms with van der Waals surface area (Å²) in [4.78, 5) is 2.53. The van der Waals surface area contributed by atoms with Crippen LogP contribution in [-0.4, -0.2) is 19.6 Å². The second-order valence-electron chi connectivity index (χ2n) is 5.83. The van der Waals surface area contributed by atoms with Gasteiger partial charge in [-0.05, 0) is 50.9 Å². The second kappa shape index (κ2) is 7.33. The van der Waals surface area contributed by atoms with E-state index in [1.807, 2.05) is 7.05 Å². The first-order chi connectivity index (χ1) is 9.67. The number of benzene rings is 1. The third kappa shape index (κ3) is 3.48. The molecule has 0 amide bonds. The molecule has 1 heterocycles. The van der Waals surface area contributed by atoms with Crippen molar-refractivity contribution in [3.8, 4) is 0 Å². The summed E-state index contributed by atoms with van der Waals surface area (Å²) in [7, 11) is 1.98. The average molecular weight is 295 g/mol. The highest BCUT2D eigenvalue weighted by Gasteiger charge is 2.21. The van der Waals surface area contributed by atoms with Gasteiger partial charge in [-0.15, -0.1) is 0 Å². The van der Waals surface area contributed by atoms with Crippen LogP contribution in [0.1, 0.15) is 57.6 Å². The van der Waals surface area contributed by atoms with Crippen LogP contribution >= 0.6 is 11.6 Å². The number of halogens is 1. The molecule has 1 N–H and O–H groups in total. The Morgan fingerprint density at radius 1 is 1.35 bits per heavy atom. The lowest BCUT2D eigenvalue weighted by molar-refractivity contribution is 0.556. The highest BCUT2D eigenvalue weighted by molar-refractivity contribution is 6.33. The smallest absolute Gasteiger partial charge is 0.0642 e. The first-order valence-corrected chi connectivity index (χ1v) is 8.28. The third-order valence-corrected chi connectivity index (χ3v) is 4.87. The molecule has 2 atom stereocenters. The zero-order valence-corrected chi connectivity index (χ0v) is 13.7. The Hall–Kier alpha value is -0.730. The maximum Gasteiger partial charge on any atom is 0.0642 e. The van der Waals surface area contributed by atoms with Gasteiger partial charge >= 0.3 is 0 Å². The fraction of sp³-hybridized carbons (Fsp3) is 0.647. The minimum atomic E-state index is 0.340. The molecule has 1 aliphatic heterocycles. The lowest BCUT2D eigenvalue weighted by Crippen LogP contribution is -2.34. The Balaban J connectivity index is 2.26. The minimum Gasteiger partial charge on any atom is -0.367 e. The van der Waals surface area contributed by atoms with Crippen molar-refractivity contribution in [2.75, 3.05) is 18.5 Å². The van der Waals surface area contributed by atoms with Crippen LogP contribution in [0.15, 0.2) is 18.2 Å². The maximum absolute atomic E-state index is 6.57. The van der Waals surface area contributed by atoms with Crippen LogP contribution in [0.2, 0.25) is 5.02 Å². The van der Waals surface area contributed by atoms with E-state index < -0.39 is 0 Å². The predicted molar refractivity (Wildman–Crippen MR) is 88.8 cm³/mol. The van der Waals surface area contributed by atoms with E-state index in [1.54, 1.807) is 0 Å². The van der Waals surface area contributed by atoms with Crippen molar-refractivity contribution in [3.05, 3.63) is 28.8 Å². The van der Waals surface area contributed by atoms with E-state index in [-0.39, 0.29) is 0 Å². The molecule has 1 fully saturated rings. The molecule has 2 rings (SSSR count). The van der Waals surface area contributed by atoms with Crippen molar-refractivity contribution >= 4 is 17.3 Å². The topological polar surface area (TPSA) is 15.3 Å². The molecule has 112 valence electrons. The van der Waals surface area contributed by atoms with Crippen LogP contribution in [0.25, 0.3) is 0 Å². The number of hydrogen-bond donors (Lipinski definition) is 1. The van der Waals surface area contributed by atoms with Crippen LogP contribution in [0.5, 0.6) is 0 Å². The number of nitrogens with one attached hydrogen (secondary N) is 1. The van der Waals surface area contributed by atoms with E-state index >= 15 is 0 Å². The van der Waals surface area contributed by atoms with Gasteiger partial charge in [-0.25, -0.2) is 0 Å². The van der Waals surface area contributed by atoms with Crippen LogP contribution in [0, 0.1) is 0 Å².